The zero-order valence-electron chi connectivity index (χ0n) is 13.4. The standard InChI is InChI=1S/C16H20N2O5S/c1-16(2)12(14(20)21)18-13(19)11(9-24-16)17-15(22)23-8-10-6-4-3-5-7-10/h3-7,11-12H,8-9H2,1-2H3,(H,17,22)(H,18,19)(H,20,21). The zero-order valence-corrected chi connectivity index (χ0v) is 14.3. The van der Waals surface area contributed by atoms with Crippen LogP contribution < -0.4 is 10.6 Å². The van der Waals surface area contributed by atoms with Crippen LogP contribution in [0, 0.1) is 0 Å². The van der Waals surface area contributed by atoms with Gasteiger partial charge in [0.25, 0.3) is 0 Å². The number of aliphatic carboxylic acids is 1. The number of carboxylic acids is 1. The van der Waals surface area contributed by atoms with Gasteiger partial charge in [-0.2, -0.15) is 11.8 Å². The Morgan fingerprint density at radius 2 is 2.04 bits per heavy atom. The van der Waals surface area contributed by atoms with Gasteiger partial charge in [0.2, 0.25) is 5.91 Å². The van der Waals surface area contributed by atoms with E-state index in [-0.39, 0.29) is 12.4 Å². The van der Waals surface area contributed by atoms with Gasteiger partial charge in [0.05, 0.1) is 0 Å². The Morgan fingerprint density at radius 3 is 2.67 bits per heavy atom. The van der Waals surface area contributed by atoms with Crippen molar-refractivity contribution in [3.05, 3.63) is 35.9 Å². The Labute approximate surface area is 144 Å². The van der Waals surface area contributed by atoms with E-state index in [2.05, 4.69) is 10.6 Å². The van der Waals surface area contributed by atoms with Gasteiger partial charge >= 0.3 is 12.1 Å². The monoisotopic (exact) mass is 352 g/mol. The van der Waals surface area contributed by atoms with Gasteiger partial charge in [0.1, 0.15) is 18.7 Å². The van der Waals surface area contributed by atoms with Crippen molar-refractivity contribution in [2.45, 2.75) is 37.3 Å². The highest BCUT2D eigenvalue weighted by Gasteiger charge is 2.42. The Hall–Kier alpha value is -2.22. The molecule has 7 nitrogen and oxygen atoms in total. The summed E-state index contributed by atoms with van der Waals surface area (Å²) in [6.45, 7) is 3.58. The molecule has 0 radical (unpaired) electrons. The molecule has 2 amide bonds. The molecule has 1 aromatic carbocycles. The fraction of sp³-hybridized carbons (Fsp3) is 0.438. The Kier molecular flexibility index (Phi) is 5.71. The maximum Gasteiger partial charge on any atom is 0.408 e. The molecule has 1 aromatic rings. The molecule has 8 heteroatoms. The number of ether oxygens (including phenoxy) is 1. The Morgan fingerprint density at radius 1 is 1.38 bits per heavy atom. The molecule has 130 valence electrons. The normalized spacial score (nSPS) is 22.8. The van der Waals surface area contributed by atoms with Crippen molar-refractivity contribution in [3.63, 3.8) is 0 Å². The quantitative estimate of drug-likeness (QED) is 0.756. The molecule has 1 fully saturated rings. The average molecular weight is 352 g/mol. The van der Waals surface area contributed by atoms with Crippen LogP contribution in [0.25, 0.3) is 0 Å². The molecular weight excluding hydrogens is 332 g/mol. The lowest BCUT2D eigenvalue weighted by Crippen LogP contribution is -2.54. The van der Waals surface area contributed by atoms with E-state index in [4.69, 9.17) is 4.74 Å². The third-order valence-corrected chi connectivity index (χ3v) is 5.15. The summed E-state index contributed by atoms with van der Waals surface area (Å²) < 4.78 is 4.40. The number of nitrogens with one attached hydrogen (secondary N) is 2. The molecule has 0 bridgehead atoms. The molecule has 1 saturated heterocycles. The summed E-state index contributed by atoms with van der Waals surface area (Å²) in [6.07, 6.45) is -0.716. The van der Waals surface area contributed by atoms with Gasteiger partial charge in [-0.15, -0.1) is 0 Å². The van der Waals surface area contributed by atoms with Crippen molar-refractivity contribution in [1.82, 2.24) is 10.6 Å². The second kappa shape index (κ2) is 7.57. The van der Waals surface area contributed by atoms with E-state index in [9.17, 15) is 19.5 Å². The van der Waals surface area contributed by atoms with Crippen LogP contribution >= 0.6 is 11.8 Å². The summed E-state index contributed by atoms with van der Waals surface area (Å²) in [6, 6.07) is 7.30. The van der Waals surface area contributed by atoms with Crippen molar-refractivity contribution >= 4 is 29.7 Å². The minimum Gasteiger partial charge on any atom is -0.480 e. The zero-order chi connectivity index (χ0) is 17.7. The molecule has 2 unspecified atom stereocenters. The van der Waals surface area contributed by atoms with Crippen LogP contribution in [0.3, 0.4) is 0 Å². The number of alkyl carbamates (subject to hydrolysis) is 1. The number of carbonyl (C=O) groups excluding carboxylic acids is 2. The smallest absolute Gasteiger partial charge is 0.408 e. The molecule has 1 aliphatic heterocycles. The molecule has 2 atom stereocenters. The minimum absolute atomic E-state index is 0.0946. The van der Waals surface area contributed by atoms with Crippen molar-refractivity contribution in [3.8, 4) is 0 Å². The summed E-state index contributed by atoms with van der Waals surface area (Å²) in [5, 5.41) is 14.2. The Balaban J connectivity index is 1.93. The van der Waals surface area contributed by atoms with Gasteiger partial charge in [0, 0.05) is 10.5 Å². The molecule has 0 saturated carbocycles. The number of hydrogen-bond donors (Lipinski definition) is 3. The molecule has 1 aliphatic rings. The summed E-state index contributed by atoms with van der Waals surface area (Å²) in [4.78, 5) is 35.4. The van der Waals surface area contributed by atoms with E-state index in [1.807, 2.05) is 30.3 Å². The fourth-order valence-corrected chi connectivity index (χ4v) is 3.40. The van der Waals surface area contributed by atoms with Crippen molar-refractivity contribution in [2.24, 2.45) is 0 Å². The van der Waals surface area contributed by atoms with E-state index < -0.39 is 34.8 Å². The second-order valence-corrected chi connectivity index (χ2v) is 7.63. The molecule has 0 aliphatic carbocycles. The molecular formula is C16H20N2O5S. The molecule has 24 heavy (non-hydrogen) atoms. The number of thioether (sulfide) groups is 1. The van der Waals surface area contributed by atoms with Gasteiger partial charge in [-0.25, -0.2) is 9.59 Å². The van der Waals surface area contributed by atoms with E-state index in [0.717, 1.165) is 5.56 Å². The van der Waals surface area contributed by atoms with Gasteiger partial charge in [-0.3, -0.25) is 4.79 Å². The van der Waals surface area contributed by atoms with Crippen molar-refractivity contribution in [1.29, 1.82) is 0 Å². The molecule has 2 rings (SSSR count). The highest BCUT2D eigenvalue weighted by Crippen LogP contribution is 2.31. The van der Waals surface area contributed by atoms with Crippen molar-refractivity contribution in [2.75, 3.05) is 5.75 Å². The van der Waals surface area contributed by atoms with E-state index in [0.29, 0.717) is 0 Å². The van der Waals surface area contributed by atoms with Crippen LogP contribution in [0.4, 0.5) is 4.79 Å². The molecule has 0 spiro atoms. The number of carbonyl (C=O) groups is 3. The Bertz CT molecular complexity index is 620. The maximum atomic E-state index is 12.2. The van der Waals surface area contributed by atoms with Gasteiger partial charge in [-0.1, -0.05) is 30.3 Å². The van der Waals surface area contributed by atoms with Crippen LogP contribution in [-0.4, -0.2) is 45.7 Å². The van der Waals surface area contributed by atoms with Gasteiger partial charge < -0.3 is 20.5 Å². The van der Waals surface area contributed by atoms with Crippen molar-refractivity contribution < 1.29 is 24.2 Å². The van der Waals surface area contributed by atoms with Crippen LogP contribution in [0.2, 0.25) is 0 Å². The largest absolute Gasteiger partial charge is 0.480 e. The molecule has 0 aromatic heterocycles. The summed E-state index contributed by atoms with van der Waals surface area (Å²) in [5.41, 5.74) is 0.833. The van der Waals surface area contributed by atoms with E-state index in [1.165, 1.54) is 11.8 Å². The SMILES string of the molecule is CC1(C)SCC(NC(=O)OCc2ccccc2)C(=O)NC1C(=O)O. The number of carboxylic acid groups (broad SMARTS) is 1. The lowest BCUT2D eigenvalue weighted by molar-refractivity contribution is -0.142. The van der Waals surface area contributed by atoms with Gasteiger partial charge in [0.15, 0.2) is 0 Å². The first-order valence-electron chi connectivity index (χ1n) is 7.44. The highest BCUT2D eigenvalue weighted by atomic mass is 32.2. The van der Waals surface area contributed by atoms with Crippen LogP contribution in [0.5, 0.6) is 0 Å². The minimum atomic E-state index is -1.10. The first kappa shape index (κ1) is 18.1. The predicted molar refractivity (Wildman–Crippen MR) is 89.7 cm³/mol. The highest BCUT2D eigenvalue weighted by molar-refractivity contribution is 8.00. The van der Waals surface area contributed by atoms with Crippen LogP contribution in [0.15, 0.2) is 30.3 Å². The maximum absolute atomic E-state index is 12.2. The average Bonchev–Trinajstić information content (AvgIpc) is 2.65. The number of hydrogen-bond acceptors (Lipinski definition) is 5. The van der Waals surface area contributed by atoms with Crippen LogP contribution in [-0.2, 0) is 20.9 Å². The molecule has 3 N–H and O–H groups in total. The number of rotatable bonds is 4. The summed E-state index contributed by atoms with van der Waals surface area (Å²) >= 11 is 1.31. The first-order chi connectivity index (χ1) is 11.3. The first-order valence-corrected chi connectivity index (χ1v) is 8.42. The third kappa shape index (κ3) is 4.64. The molecule has 1 heterocycles. The third-order valence-electron chi connectivity index (χ3n) is 3.67. The second-order valence-electron chi connectivity index (χ2n) is 5.95. The van der Waals surface area contributed by atoms with E-state index >= 15 is 0 Å². The number of amides is 2. The topological polar surface area (TPSA) is 105 Å². The lowest BCUT2D eigenvalue weighted by Gasteiger charge is -2.28. The summed E-state index contributed by atoms with van der Waals surface area (Å²) in [7, 11) is 0. The van der Waals surface area contributed by atoms with Crippen LogP contribution in [0.1, 0.15) is 19.4 Å². The predicted octanol–water partition coefficient (Wildman–Crippen LogP) is 1.38. The fourth-order valence-electron chi connectivity index (χ4n) is 2.25. The summed E-state index contributed by atoms with van der Waals surface area (Å²) in [5.74, 6) is -1.37. The number of benzene rings is 1. The van der Waals surface area contributed by atoms with E-state index in [1.54, 1.807) is 13.8 Å². The lowest BCUT2D eigenvalue weighted by atomic mass is 10.0. The van der Waals surface area contributed by atoms with Gasteiger partial charge in [-0.05, 0) is 19.4 Å².